The van der Waals surface area contributed by atoms with Gasteiger partial charge in [0.15, 0.2) is 5.82 Å². The summed E-state index contributed by atoms with van der Waals surface area (Å²) in [6.45, 7) is 0. The molecule has 0 spiro atoms. The van der Waals surface area contributed by atoms with Crippen molar-refractivity contribution in [1.29, 1.82) is 0 Å². The molecule has 1 fully saturated rings. The van der Waals surface area contributed by atoms with Gasteiger partial charge in [0.25, 0.3) is 0 Å². The minimum absolute atomic E-state index is 0.306. The second kappa shape index (κ2) is 6.33. The van der Waals surface area contributed by atoms with Gasteiger partial charge in [0.1, 0.15) is 62.8 Å². The molecule has 1 aliphatic rings. The molecule has 2 heterocycles. The van der Waals surface area contributed by atoms with Crippen molar-refractivity contribution in [3.8, 4) is 0 Å². The Morgan fingerprint density at radius 3 is 1.54 bits per heavy atom. The Bertz CT molecular complexity index is 773. The molecule has 0 radical (unpaired) electrons. The van der Waals surface area contributed by atoms with E-state index in [-0.39, 0.29) is 21.4 Å². The molecule has 5 nitrogen and oxygen atoms in total. The van der Waals surface area contributed by atoms with Crippen molar-refractivity contribution < 1.29 is 4.39 Å². The summed E-state index contributed by atoms with van der Waals surface area (Å²) < 4.78 is 13.5. The topological polar surface area (TPSA) is 58.3 Å². The average molecular weight is 368 g/mol. The number of hydrogen-bond donors (Lipinski definition) is 1. The fourth-order valence-electron chi connectivity index (χ4n) is 4.68. The molecule has 0 amide bonds. The van der Waals surface area contributed by atoms with E-state index >= 15 is 0 Å². The van der Waals surface area contributed by atoms with Crippen LogP contribution in [0.2, 0.25) is 0 Å². The van der Waals surface area contributed by atoms with Crippen molar-refractivity contribution in [2.24, 2.45) is 0 Å². The number of benzene rings is 1. The smallest absolute Gasteiger partial charge is 0.223 e. The second-order valence-electron chi connectivity index (χ2n) is 9.70. The van der Waals surface area contributed by atoms with Crippen molar-refractivity contribution in [1.82, 2.24) is 9.97 Å². The maximum atomic E-state index is 13.5. The van der Waals surface area contributed by atoms with Crippen molar-refractivity contribution in [3.63, 3.8) is 0 Å². The molecule has 3 rings (SSSR count). The molecular formula is C14H24B8FN5. The van der Waals surface area contributed by atoms with Gasteiger partial charge in [-0.15, -0.1) is 0 Å². The van der Waals surface area contributed by atoms with E-state index in [1.54, 1.807) is 0 Å². The molecule has 28 heavy (non-hydrogen) atoms. The molecule has 0 aliphatic carbocycles. The molecule has 136 valence electrons. The van der Waals surface area contributed by atoms with E-state index in [0.29, 0.717) is 5.95 Å². The van der Waals surface area contributed by atoms with Crippen LogP contribution in [0.15, 0.2) is 36.7 Å². The zero-order valence-electron chi connectivity index (χ0n) is 18.2. The first-order chi connectivity index (χ1) is 12.7. The molecule has 1 aromatic heterocycles. The normalized spacial score (nSPS) is 21.9. The Morgan fingerprint density at radius 1 is 0.714 bits per heavy atom. The van der Waals surface area contributed by atoms with E-state index in [1.807, 2.05) is 12.1 Å². The van der Waals surface area contributed by atoms with Gasteiger partial charge in [-0.05, 0) is 45.6 Å². The fraction of sp³-hybridized carbons (Fsp3) is 0.286. The first kappa shape index (κ1) is 20.9. The van der Waals surface area contributed by atoms with Gasteiger partial charge in [-0.3, -0.25) is 0 Å². The summed E-state index contributed by atoms with van der Waals surface area (Å²) in [7, 11) is 17.7. The lowest BCUT2D eigenvalue weighted by molar-refractivity contribution is 0.399. The molecule has 0 bridgehead atoms. The highest BCUT2D eigenvalue weighted by Gasteiger charge is 2.62. The lowest BCUT2D eigenvalue weighted by atomic mass is 9.26. The Hall–Kier alpha value is -1.85. The minimum atomic E-state index is -0.432. The molecular weight excluding hydrogens is 344 g/mol. The fourth-order valence-corrected chi connectivity index (χ4v) is 4.68. The van der Waals surface area contributed by atoms with Crippen LogP contribution in [0.1, 0.15) is 0 Å². The highest BCUT2D eigenvalue weighted by molar-refractivity contribution is 6.64. The molecule has 0 atom stereocenters. The largest absolute Gasteiger partial charge is 0.399 e. The number of aromatic nitrogens is 2. The number of rotatable bonds is 2. The number of nitrogens with two attached hydrogens (primary N) is 1. The van der Waals surface area contributed by atoms with Gasteiger partial charge < -0.3 is 15.5 Å². The number of halogens is 1. The van der Waals surface area contributed by atoms with Crippen molar-refractivity contribution in [3.05, 3.63) is 42.5 Å². The van der Waals surface area contributed by atoms with Crippen LogP contribution >= 0.6 is 0 Å². The van der Waals surface area contributed by atoms with E-state index in [2.05, 4.69) is 94.7 Å². The lowest BCUT2D eigenvalue weighted by Crippen LogP contribution is -2.93. The molecule has 2 aromatic rings. The molecule has 1 saturated heterocycles. The van der Waals surface area contributed by atoms with Crippen LogP contribution < -0.4 is 15.5 Å². The summed E-state index contributed by atoms with van der Waals surface area (Å²) in [5.41, 5.74) is 7.80. The first-order valence-electron chi connectivity index (χ1n) is 9.68. The number of nitrogen functional groups attached to an aromatic ring is 1. The van der Waals surface area contributed by atoms with Gasteiger partial charge in [0.05, 0.1) is 12.4 Å². The lowest BCUT2D eigenvalue weighted by Gasteiger charge is -2.74. The van der Waals surface area contributed by atoms with Crippen molar-refractivity contribution in [2.75, 3.05) is 15.5 Å². The van der Waals surface area contributed by atoms with E-state index < -0.39 is 5.82 Å². The zero-order chi connectivity index (χ0) is 21.1. The summed E-state index contributed by atoms with van der Waals surface area (Å²) in [6.07, 6.45) is 2.47. The summed E-state index contributed by atoms with van der Waals surface area (Å²) >= 11 is 0. The van der Waals surface area contributed by atoms with E-state index in [9.17, 15) is 4.39 Å². The van der Waals surface area contributed by atoms with Crippen LogP contribution in [-0.2, 0) is 0 Å². The number of hydrogen-bond acceptors (Lipinski definition) is 5. The Morgan fingerprint density at radius 2 is 1.11 bits per heavy atom. The van der Waals surface area contributed by atoms with Crippen LogP contribution in [0, 0.1) is 5.82 Å². The third-order valence-corrected chi connectivity index (χ3v) is 7.19. The first-order valence-corrected chi connectivity index (χ1v) is 9.68. The van der Waals surface area contributed by atoms with Crippen molar-refractivity contribution in [2.45, 2.75) is 21.4 Å². The Balaban J connectivity index is 2.24. The predicted molar refractivity (Wildman–Crippen MR) is 137 cm³/mol. The minimum Gasteiger partial charge on any atom is -0.399 e. The van der Waals surface area contributed by atoms with Crippen LogP contribution in [0.25, 0.3) is 0 Å². The summed E-state index contributed by atoms with van der Waals surface area (Å²) in [5, 5.41) is -1.35. The van der Waals surface area contributed by atoms with Gasteiger partial charge in [-0.1, -0.05) is 0 Å². The molecule has 1 aliphatic heterocycles. The number of anilines is 3. The molecule has 14 heteroatoms. The zero-order valence-corrected chi connectivity index (χ0v) is 18.2. The summed E-state index contributed by atoms with van der Waals surface area (Å²) in [5.74, 6) is 0.105. The maximum Gasteiger partial charge on any atom is 0.223 e. The van der Waals surface area contributed by atoms with E-state index in [0.717, 1.165) is 11.4 Å². The quantitative estimate of drug-likeness (QED) is 0.422. The van der Waals surface area contributed by atoms with Gasteiger partial charge >= 0.3 is 0 Å². The predicted octanol–water partition coefficient (Wildman–Crippen LogP) is -6.80. The van der Waals surface area contributed by atoms with Gasteiger partial charge in [0.2, 0.25) is 5.95 Å². The Labute approximate surface area is 174 Å². The van der Waals surface area contributed by atoms with Crippen LogP contribution in [0.5, 0.6) is 0 Å². The molecule has 0 saturated carbocycles. The highest BCUT2D eigenvalue weighted by Crippen LogP contribution is 2.46. The monoisotopic (exact) mass is 369 g/mol. The third kappa shape index (κ3) is 2.79. The number of piperazine rings is 1. The van der Waals surface area contributed by atoms with Crippen LogP contribution in [-0.4, -0.2) is 94.1 Å². The summed E-state index contributed by atoms with van der Waals surface area (Å²) in [6, 6.07) is 8.04. The molecule has 1 aromatic carbocycles. The van der Waals surface area contributed by atoms with Crippen LogP contribution in [0.4, 0.5) is 21.7 Å². The van der Waals surface area contributed by atoms with Crippen molar-refractivity contribution >= 4 is 80.1 Å². The van der Waals surface area contributed by atoms with E-state index in [4.69, 9.17) is 5.73 Å². The third-order valence-electron chi connectivity index (χ3n) is 7.19. The van der Waals surface area contributed by atoms with Gasteiger partial charge in [0, 0.05) is 11.4 Å². The second-order valence-corrected chi connectivity index (χ2v) is 9.70. The highest BCUT2D eigenvalue weighted by atomic mass is 19.1. The number of nitrogens with zero attached hydrogens (tertiary/aromatic N) is 4. The standard InChI is InChI=1S/C14H24B8FN5/c15-11(16)13(19,20)28(10-25-5-7(23)6-26-10)14(21,22)12(17,18)27(11)9-3-1-8(24)2-4-9/h1-6H,15-22,24H2. The molecule has 0 unspecified atom stereocenters. The Kier molecular flexibility index (Phi) is 4.72. The maximum absolute atomic E-state index is 13.5. The molecule has 2 N–H and O–H groups in total. The SMILES string of the molecule is BC1(B)N(c2ccc(N)cc2)C(B)(B)C(B)(B)N(c2ncc(F)cn2)C1(B)B. The van der Waals surface area contributed by atoms with Gasteiger partial charge in [-0.2, -0.15) is 0 Å². The summed E-state index contributed by atoms with van der Waals surface area (Å²) in [4.78, 5) is 13.4. The van der Waals surface area contributed by atoms with Gasteiger partial charge in [-0.25, -0.2) is 14.4 Å². The van der Waals surface area contributed by atoms with Crippen LogP contribution in [0.3, 0.4) is 0 Å². The van der Waals surface area contributed by atoms with E-state index in [1.165, 1.54) is 12.4 Å². The average Bonchev–Trinajstić information content (AvgIpc) is 2.57.